The van der Waals surface area contributed by atoms with E-state index in [1.54, 1.807) is 12.1 Å². The standard InChI is InChI=1S/C14H17ClFNO/c15-10-14(18)17-6-4-11(5-7-17)8-12-2-1-3-13(16)9-12/h1-3,9,11H,4-8,10H2. The Hall–Kier alpha value is -1.09. The van der Waals surface area contributed by atoms with Gasteiger partial charge in [0.25, 0.3) is 0 Å². The summed E-state index contributed by atoms with van der Waals surface area (Å²) in [5, 5.41) is 0. The molecule has 1 aromatic rings. The minimum absolute atomic E-state index is 0.0147. The molecule has 1 fully saturated rings. The zero-order valence-corrected chi connectivity index (χ0v) is 11.0. The molecule has 1 amide bonds. The number of alkyl halides is 1. The van der Waals surface area contributed by atoms with Crippen LogP contribution in [0.2, 0.25) is 0 Å². The molecule has 18 heavy (non-hydrogen) atoms. The SMILES string of the molecule is O=C(CCl)N1CCC(Cc2cccc(F)c2)CC1. The average molecular weight is 270 g/mol. The molecular formula is C14H17ClFNO. The van der Waals surface area contributed by atoms with Gasteiger partial charge in [-0.1, -0.05) is 12.1 Å². The maximum atomic E-state index is 13.1. The first-order valence-electron chi connectivity index (χ1n) is 6.27. The van der Waals surface area contributed by atoms with Crippen LogP contribution in [0.5, 0.6) is 0 Å². The van der Waals surface area contributed by atoms with Crippen molar-refractivity contribution in [1.29, 1.82) is 0 Å². The van der Waals surface area contributed by atoms with Crippen LogP contribution in [-0.2, 0) is 11.2 Å². The molecule has 0 aliphatic carbocycles. The molecule has 0 spiro atoms. The molecule has 1 aromatic carbocycles. The molecule has 0 unspecified atom stereocenters. The molecule has 0 N–H and O–H groups in total. The highest BCUT2D eigenvalue weighted by Crippen LogP contribution is 2.22. The number of benzene rings is 1. The van der Waals surface area contributed by atoms with Gasteiger partial charge in [0.15, 0.2) is 0 Å². The first-order chi connectivity index (χ1) is 8.69. The molecule has 0 bridgehead atoms. The summed E-state index contributed by atoms with van der Waals surface area (Å²) in [7, 11) is 0. The van der Waals surface area contributed by atoms with E-state index >= 15 is 0 Å². The third-order valence-corrected chi connectivity index (χ3v) is 3.72. The van der Waals surface area contributed by atoms with Gasteiger partial charge < -0.3 is 4.90 Å². The van der Waals surface area contributed by atoms with Crippen LogP contribution in [0, 0.1) is 11.7 Å². The molecule has 1 saturated heterocycles. The molecule has 1 aliphatic heterocycles. The van der Waals surface area contributed by atoms with Crippen LogP contribution in [0.3, 0.4) is 0 Å². The van der Waals surface area contributed by atoms with E-state index in [2.05, 4.69) is 0 Å². The predicted octanol–water partition coefficient (Wildman–Crippen LogP) is 2.85. The normalized spacial score (nSPS) is 16.9. The fourth-order valence-electron chi connectivity index (χ4n) is 2.47. The Bertz CT molecular complexity index is 416. The zero-order valence-electron chi connectivity index (χ0n) is 10.2. The summed E-state index contributed by atoms with van der Waals surface area (Å²) >= 11 is 5.54. The second-order valence-corrected chi connectivity index (χ2v) is 5.06. The molecule has 4 heteroatoms. The molecule has 2 nitrogen and oxygen atoms in total. The highest BCUT2D eigenvalue weighted by atomic mass is 35.5. The lowest BCUT2D eigenvalue weighted by molar-refractivity contribution is -0.129. The molecule has 0 atom stereocenters. The lowest BCUT2D eigenvalue weighted by Gasteiger charge is -2.31. The minimum Gasteiger partial charge on any atom is -0.342 e. The van der Waals surface area contributed by atoms with Gasteiger partial charge in [0.1, 0.15) is 11.7 Å². The summed E-state index contributed by atoms with van der Waals surface area (Å²) in [4.78, 5) is 13.2. The number of carbonyl (C=O) groups excluding carboxylic acids is 1. The molecule has 0 aromatic heterocycles. The van der Waals surface area contributed by atoms with Crippen molar-refractivity contribution in [3.05, 3.63) is 35.6 Å². The van der Waals surface area contributed by atoms with Crippen molar-refractivity contribution in [2.24, 2.45) is 5.92 Å². The Kier molecular flexibility index (Phi) is 4.59. The topological polar surface area (TPSA) is 20.3 Å². The predicted molar refractivity (Wildman–Crippen MR) is 70.1 cm³/mol. The molecule has 0 radical (unpaired) electrons. The highest BCUT2D eigenvalue weighted by molar-refractivity contribution is 6.27. The van der Waals surface area contributed by atoms with E-state index in [1.807, 2.05) is 11.0 Å². The fraction of sp³-hybridized carbons (Fsp3) is 0.500. The number of likely N-dealkylation sites (tertiary alicyclic amines) is 1. The third kappa shape index (κ3) is 3.45. The van der Waals surface area contributed by atoms with Gasteiger partial charge in [0, 0.05) is 13.1 Å². The largest absolute Gasteiger partial charge is 0.342 e. The summed E-state index contributed by atoms with van der Waals surface area (Å²) < 4.78 is 13.1. The summed E-state index contributed by atoms with van der Waals surface area (Å²) in [6, 6.07) is 6.76. The van der Waals surface area contributed by atoms with Gasteiger partial charge in [-0.2, -0.15) is 0 Å². The highest BCUT2D eigenvalue weighted by Gasteiger charge is 2.22. The van der Waals surface area contributed by atoms with Crippen LogP contribution < -0.4 is 0 Å². The number of carbonyl (C=O) groups is 1. The smallest absolute Gasteiger partial charge is 0.237 e. The number of halogens is 2. The number of hydrogen-bond donors (Lipinski definition) is 0. The van der Waals surface area contributed by atoms with Gasteiger partial charge in [0.2, 0.25) is 5.91 Å². The second kappa shape index (κ2) is 6.19. The molecule has 98 valence electrons. The lowest BCUT2D eigenvalue weighted by Crippen LogP contribution is -2.39. The van der Waals surface area contributed by atoms with E-state index in [0.29, 0.717) is 5.92 Å². The van der Waals surface area contributed by atoms with Crippen molar-refractivity contribution >= 4 is 17.5 Å². The van der Waals surface area contributed by atoms with Crippen LogP contribution in [0.1, 0.15) is 18.4 Å². The van der Waals surface area contributed by atoms with Gasteiger partial charge in [-0.05, 0) is 42.9 Å². The van der Waals surface area contributed by atoms with Crippen LogP contribution in [0.25, 0.3) is 0 Å². The molecule has 2 rings (SSSR count). The minimum atomic E-state index is -0.178. The van der Waals surface area contributed by atoms with E-state index in [1.165, 1.54) is 6.07 Å². The van der Waals surface area contributed by atoms with Crippen molar-refractivity contribution in [3.8, 4) is 0 Å². The van der Waals surface area contributed by atoms with E-state index in [0.717, 1.165) is 37.9 Å². The van der Waals surface area contributed by atoms with Crippen molar-refractivity contribution in [3.63, 3.8) is 0 Å². The van der Waals surface area contributed by atoms with E-state index in [-0.39, 0.29) is 17.6 Å². The van der Waals surface area contributed by atoms with Crippen LogP contribution in [0.15, 0.2) is 24.3 Å². The summed E-state index contributed by atoms with van der Waals surface area (Å²) in [5.74, 6) is 0.434. The molecule has 1 aliphatic rings. The number of rotatable bonds is 3. The van der Waals surface area contributed by atoms with Crippen molar-refractivity contribution < 1.29 is 9.18 Å². The van der Waals surface area contributed by atoms with Gasteiger partial charge in [-0.3, -0.25) is 4.79 Å². The summed E-state index contributed by atoms with van der Waals surface area (Å²) in [6.07, 6.45) is 2.83. The van der Waals surface area contributed by atoms with Crippen LogP contribution in [0.4, 0.5) is 4.39 Å². The van der Waals surface area contributed by atoms with Crippen LogP contribution >= 0.6 is 11.6 Å². The van der Waals surface area contributed by atoms with Crippen molar-refractivity contribution in [1.82, 2.24) is 4.90 Å². The Balaban J connectivity index is 1.85. The first kappa shape index (κ1) is 13.3. The van der Waals surface area contributed by atoms with E-state index in [4.69, 9.17) is 11.6 Å². The Morgan fingerprint density at radius 2 is 2.11 bits per heavy atom. The molecule has 1 heterocycles. The zero-order chi connectivity index (χ0) is 13.0. The number of nitrogens with zero attached hydrogens (tertiary/aromatic N) is 1. The number of amides is 1. The lowest BCUT2D eigenvalue weighted by atomic mass is 9.90. The van der Waals surface area contributed by atoms with Gasteiger partial charge in [-0.15, -0.1) is 11.6 Å². The molecule has 0 saturated carbocycles. The van der Waals surface area contributed by atoms with Gasteiger partial charge in [-0.25, -0.2) is 4.39 Å². The maximum Gasteiger partial charge on any atom is 0.237 e. The van der Waals surface area contributed by atoms with Crippen molar-refractivity contribution in [2.45, 2.75) is 19.3 Å². The summed E-state index contributed by atoms with van der Waals surface area (Å²) in [5.41, 5.74) is 1.04. The number of hydrogen-bond acceptors (Lipinski definition) is 1. The fourth-order valence-corrected chi connectivity index (χ4v) is 2.64. The Morgan fingerprint density at radius 1 is 1.39 bits per heavy atom. The van der Waals surface area contributed by atoms with Gasteiger partial charge in [0.05, 0.1) is 0 Å². The third-order valence-electron chi connectivity index (χ3n) is 3.49. The first-order valence-corrected chi connectivity index (χ1v) is 6.80. The average Bonchev–Trinajstić information content (AvgIpc) is 2.39. The maximum absolute atomic E-state index is 13.1. The van der Waals surface area contributed by atoms with Gasteiger partial charge >= 0.3 is 0 Å². The van der Waals surface area contributed by atoms with E-state index < -0.39 is 0 Å². The second-order valence-electron chi connectivity index (χ2n) is 4.79. The Labute approximate surface area is 112 Å². The molecular weight excluding hydrogens is 253 g/mol. The summed E-state index contributed by atoms with van der Waals surface area (Å²) in [6.45, 7) is 1.54. The van der Waals surface area contributed by atoms with Crippen molar-refractivity contribution in [2.75, 3.05) is 19.0 Å². The van der Waals surface area contributed by atoms with Crippen LogP contribution in [-0.4, -0.2) is 29.8 Å². The van der Waals surface area contributed by atoms with E-state index in [9.17, 15) is 9.18 Å². The Morgan fingerprint density at radius 3 is 2.72 bits per heavy atom. The number of piperidine rings is 1. The quantitative estimate of drug-likeness (QED) is 0.773. The monoisotopic (exact) mass is 269 g/mol.